The fourth-order valence-corrected chi connectivity index (χ4v) is 4.82. The summed E-state index contributed by atoms with van der Waals surface area (Å²) in [5.41, 5.74) is 0.662. The van der Waals surface area contributed by atoms with E-state index >= 15 is 0 Å². The number of aromatic nitrogens is 3. The molecule has 9 nitrogen and oxygen atoms in total. The van der Waals surface area contributed by atoms with Crippen molar-refractivity contribution in [2.75, 3.05) is 31.7 Å². The fraction of sp³-hybridized carbons (Fsp3) is 0.529. The van der Waals surface area contributed by atoms with E-state index in [4.69, 9.17) is 9.47 Å². The van der Waals surface area contributed by atoms with Crippen molar-refractivity contribution in [3.63, 3.8) is 0 Å². The lowest BCUT2D eigenvalue weighted by Crippen LogP contribution is -2.55. The van der Waals surface area contributed by atoms with Crippen LogP contribution in [0.25, 0.3) is 0 Å². The number of nitrogens with zero attached hydrogens (tertiary/aromatic N) is 3. The predicted molar refractivity (Wildman–Crippen MR) is 126 cm³/mol. The van der Waals surface area contributed by atoms with E-state index in [9.17, 15) is 9.59 Å². The first kappa shape index (κ1) is 22.7. The van der Waals surface area contributed by atoms with Gasteiger partial charge in [-0.1, -0.05) is 11.3 Å². The van der Waals surface area contributed by atoms with E-state index in [0.717, 1.165) is 12.5 Å². The quantitative estimate of drug-likeness (QED) is 0.368. The van der Waals surface area contributed by atoms with Gasteiger partial charge in [-0.15, -0.1) is 0 Å². The summed E-state index contributed by atoms with van der Waals surface area (Å²) in [7, 11) is 1.63. The molecule has 1 aliphatic rings. The largest absolute Gasteiger partial charge is 0.462 e. The molecule has 0 unspecified atom stereocenters. The Hall–Kier alpha value is -1.00. The molecule has 0 spiro atoms. The minimum absolute atomic E-state index is 0.144. The van der Waals surface area contributed by atoms with Gasteiger partial charge in [0.15, 0.2) is 11.0 Å². The molecule has 2 atom stereocenters. The Morgan fingerprint density at radius 2 is 2.14 bits per heavy atom. The van der Waals surface area contributed by atoms with Crippen LogP contribution in [0, 0.1) is 14.3 Å². The number of nitrogens with one attached hydrogen (secondary N) is 2. The predicted octanol–water partition coefficient (Wildman–Crippen LogP) is 2.58. The van der Waals surface area contributed by atoms with Crippen LogP contribution in [-0.4, -0.2) is 65.8 Å². The van der Waals surface area contributed by atoms with Crippen molar-refractivity contribution in [1.29, 1.82) is 0 Å². The number of ether oxygens (including phenoxy) is 2. The van der Waals surface area contributed by atoms with E-state index in [1.807, 2.05) is 0 Å². The molecule has 0 aromatic carbocycles. The summed E-state index contributed by atoms with van der Waals surface area (Å²) in [6.45, 7) is 5.16. The van der Waals surface area contributed by atoms with Gasteiger partial charge in [-0.2, -0.15) is 0 Å². The number of hydrogen-bond acceptors (Lipinski definition) is 8. The Morgan fingerprint density at radius 3 is 2.76 bits per heavy atom. The molecule has 0 bridgehead atoms. The van der Waals surface area contributed by atoms with Crippen molar-refractivity contribution in [2.24, 2.45) is 0 Å². The maximum atomic E-state index is 12.5. The first-order valence-electron chi connectivity index (χ1n) is 8.98. The zero-order valence-corrected chi connectivity index (χ0v) is 21.3. The number of H-pyrrole nitrogens is 1. The number of carbonyl (C=O) groups excluding carboxylic acids is 2. The summed E-state index contributed by atoms with van der Waals surface area (Å²) in [6.07, 6.45) is 0.475. The Balaban J connectivity index is 1.67. The van der Waals surface area contributed by atoms with E-state index in [0.29, 0.717) is 42.5 Å². The zero-order chi connectivity index (χ0) is 21.1. The summed E-state index contributed by atoms with van der Waals surface area (Å²) in [5, 5.41) is 3.78. The van der Waals surface area contributed by atoms with Crippen LogP contribution >= 0.6 is 56.5 Å². The van der Waals surface area contributed by atoms with Crippen LogP contribution in [-0.2, 0) is 9.47 Å². The molecule has 3 rings (SSSR count). The lowest BCUT2D eigenvalue weighted by atomic mass is 10.0. The molecule has 1 fully saturated rings. The zero-order valence-electron chi connectivity index (χ0n) is 16.1. The number of imidazole rings is 1. The molecular formula is C17H21I2N5O4S. The second-order valence-corrected chi connectivity index (χ2v) is 9.49. The van der Waals surface area contributed by atoms with Gasteiger partial charge >= 0.3 is 5.97 Å². The van der Waals surface area contributed by atoms with Gasteiger partial charge < -0.3 is 24.7 Å². The number of aromatic amines is 1. The summed E-state index contributed by atoms with van der Waals surface area (Å²) < 4.78 is 12.3. The monoisotopic (exact) mass is 645 g/mol. The van der Waals surface area contributed by atoms with Crippen LogP contribution in [0.1, 0.15) is 39.3 Å². The van der Waals surface area contributed by atoms with Crippen LogP contribution in [0.3, 0.4) is 0 Å². The molecule has 3 heterocycles. The fourth-order valence-electron chi connectivity index (χ4n) is 3.07. The van der Waals surface area contributed by atoms with Crippen molar-refractivity contribution in [3.05, 3.63) is 23.8 Å². The number of carbonyl (C=O) groups is 2. The Bertz CT molecular complexity index is 883. The minimum atomic E-state index is -0.345. The lowest BCUT2D eigenvalue weighted by Gasteiger charge is -2.37. The van der Waals surface area contributed by atoms with Gasteiger partial charge in [-0.25, -0.2) is 14.8 Å². The Labute approximate surface area is 199 Å². The van der Waals surface area contributed by atoms with Crippen LogP contribution < -0.4 is 10.2 Å². The molecule has 2 aromatic heterocycles. The molecule has 1 saturated heterocycles. The van der Waals surface area contributed by atoms with Crippen molar-refractivity contribution >= 4 is 73.5 Å². The molecule has 12 heteroatoms. The molecule has 2 aromatic rings. The number of halogens is 2. The van der Waals surface area contributed by atoms with E-state index in [2.05, 4.69) is 70.4 Å². The number of piperidine rings is 1. The average Bonchev–Trinajstić information content (AvgIpc) is 3.24. The Morgan fingerprint density at radius 1 is 1.38 bits per heavy atom. The number of hydrogen-bond donors (Lipinski definition) is 2. The van der Waals surface area contributed by atoms with Gasteiger partial charge in [-0.3, -0.25) is 4.79 Å². The van der Waals surface area contributed by atoms with E-state index in [1.165, 1.54) is 11.3 Å². The molecule has 2 N–H and O–H groups in total. The minimum Gasteiger partial charge on any atom is -0.462 e. The van der Waals surface area contributed by atoms with Gasteiger partial charge in [0.25, 0.3) is 5.91 Å². The highest BCUT2D eigenvalue weighted by Crippen LogP contribution is 2.29. The number of esters is 1. The average molecular weight is 645 g/mol. The molecule has 1 amide bonds. The third kappa shape index (κ3) is 5.19. The number of thiazole rings is 1. The molecule has 0 saturated carbocycles. The van der Waals surface area contributed by atoms with Crippen molar-refractivity contribution in [2.45, 2.75) is 32.4 Å². The molecule has 1 aliphatic heterocycles. The number of aryl methyl sites for hydroxylation is 1. The smallest absolute Gasteiger partial charge is 0.350 e. The Kier molecular flexibility index (Phi) is 7.72. The first-order chi connectivity index (χ1) is 13.8. The molecule has 29 heavy (non-hydrogen) atoms. The SMILES string of the molecule is CCOC(=O)c1sc(N2CC[C@H](NC(=O)c3nc(I)c(I)[nH]3)[C@H](OC)C2)nc1C. The molecule has 0 radical (unpaired) electrons. The third-order valence-electron chi connectivity index (χ3n) is 4.53. The van der Waals surface area contributed by atoms with Crippen molar-refractivity contribution in [1.82, 2.24) is 20.3 Å². The van der Waals surface area contributed by atoms with Gasteiger partial charge in [0, 0.05) is 20.2 Å². The highest BCUT2D eigenvalue weighted by Gasteiger charge is 2.33. The van der Waals surface area contributed by atoms with Crippen molar-refractivity contribution in [3.8, 4) is 0 Å². The van der Waals surface area contributed by atoms with E-state index in [1.54, 1.807) is 21.0 Å². The highest BCUT2D eigenvalue weighted by molar-refractivity contribution is 14.1. The van der Waals surface area contributed by atoms with Crippen LogP contribution in [0.5, 0.6) is 0 Å². The second-order valence-electron chi connectivity index (χ2n) is 6.41. The number of rotatable bonds is 6. The van der Waals surface area contributed by atoms with E-state index in [-0.39, 0.29) is 24.0 Å². The van der Waals surface area contributed by atoms with Gasteiger partial charge in [0.2, 0.25) is 0 Å². The molecular weight excluding hydrogens is 624 g/mol. The molecule has 158 valence electrons. The summed E-state index contributed by atoms with van der Waals surface area (Å²) in [4.78, 5) is 39.0. The summed E-state index contributed by atoms with van der Waals surface area (Å²) in [5.74, 6) is -0.298. The van der Waals surface area contributed by atoms with Crippen molar-refractivity contribution < 1.29 is 19.1 Å². The maximum absolute atomic E-state index is 12.5. The first-order valence-corrected chi connectivity index (χ1v) is 12.0. The van der Waals surface area contributed by atoms with E-state index < -0.39 is 0 Å². The molecule has 0 aliphatic carbocycles. The van der Waals surface area contributed by atoms with Gasteiger partial charge in [-0.05, 0) is 65.5 Å². The lowest BCUT2D eigenvalue weighted by molar-refractivity contribution is 0.0530. The maximum Gasteiger partial charge on any atom is 0.350 e. The highest BCUT2D eigenvalue weighted by atomic mass is 127. The number of amides is 1. The topological polar surface area (TPSA) is 109 Å². The number of anilines is 1. The number of methoxy groups -OCH3 is 1. The standard InChI is InChI=1S/C17H21I2N5O4S/c1-4-28-16(26)11-8(2)20-17(29-11)24-6-5-9(10(7-24)27-3)21-15(25)14-22-12(18)13(19)23-14/h9-10H,4-7H2,1-3H3,(H,21,25)(H,22,23)/t9-,10+/m0/s1. The summed E-state index contributed by atoms with van der Waals surface area (Å²) in [6, 6.07) is -0.144. The van der Waals surface area contributed by atoms with Crippen LogP contribution in [0.15, 0.2) is 0 Å². The summed E-state index contributed by atoms with van der Waals surface area (Å²) >= 11 is 5.52. The third-order valence-corrected chi connectivity index (χ3v) is 8.32. The van der Waals surface area contributed by atoms with Gasteiger partial charge in [0.05, 0.1) is 24.4 Å². The second kappa shape index (κ2) is 9.87. The van der Waals surface area contributed by atoms with Crippen LogP contribution in [0.2, 0.25) is 0 Å². The van der Waals surface area contributed by atoms with Gasteiger partial charge in [0.1, 0.15) is 12.3 Å². The van der Waals surface area contributed by atoms with Crippen LogP contribution in [0.4, 0.5) is 5.13 Å². The normalized spacial score (nSPS) is 19.3.